The van der Waals surface area contributed by atoms with Crippen molar-refractivity contribution in [3.8, 4) is 0 Å². The molecule has 2 heteroatoms. The number of ether oxygens (including phenoxy) is 1. The van der Waals surface area contributed by atoms with Crippen molar-refractivity contribution in [2.24, 2.45) is 5.92 Å². The zero-order valence-electron chi connectivity index (χ0n) is 12.2. The minimum absolute atomic E-state index is 0.0985. The predicted molar refractivity (Wildman–Crippen MR) is 77.6 cm³/mol. The SMILES string of the molecule is Cc1ccc(C(=O)COC2CCCC(C)C2)cc1C. The molecule has 0 spiro atoms. The van der Waals surface area contributed by atoms with E-state index in [1.54, 1.807) is 0 Å². The zero-order chi connectivity index (χ0) is 13.8. The number of hydrogen-bond acceptors (Lipinski definition) is 2. The highest BCUT2D eigenvalue weighted by Gasteiger charge is 2.20. The van der Waals surface area contributed by atoms with Crippen molar-refractivity contribution in [1.29, 1.82) is 0 Å². The molecule has 1 aliphatic rings. The second-order valence-corrected chi connectivity index (χ2v) is 5.93. The number of aryl methyl sites for hydroxylation is 2. The largest absolute Gasteiger partial charge is 0.370 e. The highest BCUT2D eigenvalue weighted by molar-refractivity contribution is 5.97. The Labute approximate surface area is 116 Å². The van der Waals surface area contributed by atoms with Crippen LogP contribution in [0, 0.1) is 19.8 Å². The van der Waals surface area contributed by atoms with E-state index in [1.165, 1.54) is 18.4 Å². The second-order valence-electron chi connectivity index (χ2n) is 5.93. The van der Waals surface area contributed by atoms with Crippen LogP contribution < -0.4 is 0 Å². The van der Waals surface area contributed by atoms with E-state index in [0.717, 1.165) is 29.9 Å². The molecule has 2 atom stereocenters. The molecule has 0 saturated heterocycles. The average Bonchev–Trinajstić information content (AvgIpc) is 2.39. The van der Waals surface area contributed by atoms with Gasteiger partial charge < -0.3 is 4.74 Å². The third kappa shape index (κ3) is 3.90. The Morgan fingerprint density at radius 3 is 2.74 bits per heavy atom. The van der Waals surface area contributed by atoms with E-state index < -0.39 is 0 Å². The summed E-state index contributed by atoms with van der Waals surface area (Å²) in [7, 11) is 0. The Morgan fingerprint density at radius 1 is 1.26 bits per heavy atom. The maximum Gasteiger partial charge on any atom is 0.188 e. The lowest BCUT2D eigenvalue weighted by molar-refractivity contribution is 0.0182. The number of hydrogen-bond donors (Lipinski definition) is 0. The van der Waals surface area contributed by atoms with Gasteiger partial charge in [0.2, 0.25) is 0 Å². The molecule has 2 unspecified atom stereocenters. The maximum absolute atomic E-state index is 12.1. The number of benzene rings is 1. The van der Waals surface area contributed by atoms with E-state index in [0.29, 0.717) is 0 Å². The standard InChI is InChI=1S/C17H24O2/c1-12-5-4-6-16(9-12)19-11-17(18)15-8-7-13(2)14(3)10-15/h7-8,10,12,16H,4-6,9,11H2,1-3H3. The van der Waals surface area contributed by atoms with Gasteiger partial charge in [-0.3, -0.25) is 4.79 Å². The van der Waals surface area contributed by atoms with Gasteiger partial charge in [0, 0.05) is 5.56 Å². The van der Waals surface area contributed by atoms with Gasteiger partial charge >= 0.3 is 0 Å². The summed E-state index contributed by atoms with van der Waals surface area (Å²) in [6, 6.07) is 5.87. The van der Waals surface area contributed by atoms with Gasteiger partial charge in [0.25, 0.3) is 0 Å². The molecule has 2 rings (SSSR count). The number of carbonyl (C=O) groups is 1. The quantitative estimate of drug-likeness (QED) is 0.762. The van der Waals surface area contributed by atoms with Crippen molar-refractivity contribution >= 4 is 5.78 Å². The summed E-state index contributed by atoms with van der Waals surface area (Å²) in [5.74, 6) is 0.830. The minimum atomic E-state index is 0.0985. The number of rotatable bonds is 4. The lowest BCUT2D eigenvalue weighted by Gasteiger charge is -2.26. The van der Waals surface area contributed by atoms with E-state index in [-0.39, 0.29) is 18.5 Å². The molecule has 1 aliphatic carbocycles. The van der Waals surface area contributed by atoms with Crippen molar-refractivity contribution in [3.63, 3.8) is 0 Å². The van der Waals surface area contributed by atoms with Crippen LogP contribution >= 0.6 is 0 Å². The van der Waals surface area contributed by atoms with Crippen molar-refractivity contribution in [2.45, 2.75) is 52.6 Å². The van der Waals surface area contributed by atoms with E-state index in [2.05, 4.69) is 13.8 Å². The molecule has 0 heterocycles. The lowest BCUT2D eigenvalue weighted by atomic mass is 9.89. The predicted octanol–water partition coefficient (Wildman–Crippen LogP) is 4.08. The van der Waals surface area contributed by atoms with Crippen LogP contribution in [0.25, 0.3) is 0 Å². The molecule has 104 valence electrons. The summed E-state index contributed by atoms with van der Waals surface area (Å²) < 4.78 is 5.79. The normalized spacial score (nSPS) is 23.3. The van der Waals surface area contributed by atoms with Crippen LogP contribution in [0.5, 0.6) is 0 Å². The monoisotopic (exact) mass is 260 g/mol. The Kier molecular flexibility index (Phi) is 4.76. The first-order valence-corrected chi connectivity index (χ1v) is 7.28. The molecule has 1 fully saturated rings. The first-order valence-electron chi connectivity index (χ1n) is 7.28. The number of Topliss-reactive ketones (excluding diaryl/α,β-unsaturated/α-hetero) is 1. The first-order chi connectivity index (χ1) is 9.06. The van der Waals surface area contributed by atoms with Crippen LogP contribution in [-0.2, 0) is 4.74 Å². The summed E-state index contributed by atoms with van der Waals surface area (Å²) in [6.07, 6.45) is 5.00. The van der Waals surface area contributed by atoms with E-state index >= 15 is 0 Å². The van der Waals surface area contributed by atoms with Crippen molar-refractivity contribution in [3.05, 3.63) is 34.9 Å². The Morgan fingerprint density at radius 2 is 2.05 bits per heavy atom. The van der Waals surface area contributed by atoms with Crippen LogP contribution in [0.4, 0.5) is 0 Å². The lowest BCUT2D eigenvalue weighted by Crippen LogP contribution is -2.24. The number of carbonyl (C=O) groups excluding carboxylic acids is 1. The first kappa shape index (κ1) is 14.3. The summed E-state index contributed by atoms with van der Waals surface area (Å²) in [5.41, 5.74) is 3.16. The van der Waals surface area contributed by atoms with Crippen molar-refractivity contribution in [1.82, 2.24) is 0 Å². The van der Waals surface area contributed by atoms with Gasteiger partial charge in [0.05, 0.1) is 6.10 Å². The molecular weight excluding hydrogens is 236 g/mol. The van der Waals surface area contributed by atoms with Gasteiger partial charge in [0.15, 0.2) is 5.78 Å². The summed E-state index contributed by atoms with van der Waals surface area (Å²) in [6.45, 7) is 6.58. The topological polar surface area (TPSA) is 26.3 Å². The highest BCUT2D eigenvalue weighted by Crippen LogP contribution is 2.25. The van der Waals surface area contributed by atoms with Crippen LogP contribution in [0.3, 0.4) is 0 Å². The van der Waals surface area contributed by atoms with Crippen LogP contribution in [0.15, 0.2) is 18.2 Å². The average molecular weight is 260 g/mol. The third-order valence-electron chi connectivity index (χ3n) is 4.17. The summed E-state index contributed by atoms with van der Waals surface area (Å²) in [4.78, 5) is 12.1. The van der Waals surface area contributed by atoms with Gasteiger partial charge in [-0.2, -0.15) is 0 Å². The van der Waals surface area contributed by atoms with E-state index in [9.17, 15) is 4.79 Å². The Hall–Kier alpha value is -1.15. The molecule has 1 saturated carbocycles. The van der Waals surface area contributed by atoms with Crippen LogP contribution in [0.1, 0.15) is 54.1 Å². The Bertz CT molecular complexity index is 451. The molecule has 1 aromatic carbocycles. The molecule has 1 aromatic rings. The highest BCUT2D eigenvalue weighted by atomic mass is 16.5. The fraction of sp³-hybridized carbons (Fsp3) is 0.588. The van der Waals surface area contributed by atoms with Crippen molar-refractivity contribution < 1.29 is 9.53 Å². The van der Waals surface area contributed by atoms with Gasteiger partial charge in [0.1, 0.15) is 6.61 Å². The smallest absolute Gasteiger partial charge is 0.188 e. The van der Waals surface area contributed by atoms with E-state index in [1.807, 2.05) is 25.1 Å². The Balaban J connectivity index is 1.88. The van der Waals surface area contributed by atoms with Gasteiger partial charge in [-0.25, -0.2) is 0 Å². The van der Waals surface area contributed by atoms with Gasteiger partial charge in [-0.05, 0) is 49.8 Å². The maximum atomic E-state index is 12.1. The minimum Gasteiger partial charge on any atom is -0.370 e. The van der Waals surface area contributed by atoms with Gasteiger partial charge in [-0.1, -0.05) is 31.9 Å². The van der Waals surface area contributed by atoms with Crippen LogP contribution in [-0.4, -0.2) is 18.5 Å². The fourth-order valence-electron chi connectivity index (χ4n) is 2.72. The molecule has 0 bridgehead atoms. The van der Waals surface area contributed by atoms with E-state index in [4.69, 9.17) is 4.74 Å². The number of ketones is 1. The molecule has 0 radical (unpaired) electrons. The third-order valence-corrected chi connectivity index (χ3v) is 4.17. The van der Waals surface area contributed by atoms with Crippen LogP contribution in [0.2, 0.25) is 0 Å². The van der Waals surface area contributed by atoms with Gasteiger partial charge in [-0.15, -0.1) is 0 Å². The zero-order valence-corrected chi connectivity index (χ0v) is 12.2. The molecule has 2 nitrogen and oxygen atoms in total. The molecule has 0 N–H and O–H groups in total. The fourth-order valence-corrected chi connectivity index (χ4v) is 2.72. The summed E-state index contributed by atoms with van der Waals surface area (Å²) in [5, 5.41) is 0. The molecule has 0 aromatic heterocycles. The molecule has 19 heavy (non-hydrogen) atoms. The summed E-state index contributed by atoms with van der Waals surface area (Å²) >= 11 is 0. The second kappa shape index (κ2) is 6.33. The molecular formula is C17H24O2. The molecule has 0 amide bonds. The van der Waals surface area contributed by atoms with Crippen molar-refractivity contribution in [2.75, 3.05) is 6.61 Å². The molecule has 0 aliphatic heterocycles.